The molecular formula is C23H16FN3O2. The Balaban J connectivity index is 1.54. The molecule has 0 atom stereocenters. The molecule has 5 nitrogen and oxygen atoms in total. The first-order valence-electron chi connectivity index (χ1n) is 8.92. The van der Waals surface area contributed by atoms with Crippen LogP contribution in [0.5, 0.6) is 0 Å². The molecule has 0 unspecified atom stereocenters. The number of para-hydroxylation sites is 1. The molecule has 4 rings (SSSR count). The number of carbonyl (C=O) groups excluding carboxylic acids is 2. The predicted octanol–water partition coefficient (Wildman–Crippen LogP) is 4.88. The fraction of sp³-hybridized carbons (Fsp3) is 0. The lowest BCUT2D eigenvalue weighted by molar-refractivity contribution is 0.102. The standard InChI is InChI=1S/C23H16FN3O2/c24-18-9-11-19(12-10-18)26-22(28)16-5-1-6-17(14-16)23(29)27-20-8-2-4-15-7-3-13-25-21(15)20/h1-14H,(H,26,28)(H,27,29). The first-order chi connectivity index (χ1) is 14.1. The van der Waals surface area contributed by atoms with Crippen LogP contribution >= 0.6 is 0 Å². The molecule has 0 radical (unpaired) electrons. The van der Waals surface area contributed by atoms with Crippen molar-refractivity contribution < 1.29 is 14.0 Å². The molecule has 142 valence electrons. The van der Waals surface area contributed by atoms with Gasteiger partial charge in [-0.15, -0.1) is 0 Å². The van der Waals surface area contributed by atoms with Crippen LogP contribution in [0.2, 0.25) is 0 Å². The maximum atomic E-state index is 13.0. The quantitative estimate of drug-likeness (QED) is 0.526. The van der Waals surface area contributed by atoms with Gasteiger partial charge in [0, 0.05) is 28.4 Å². The van der Waals surface area contributed by atoms with E-state index in [4.69, 9.17) is 0 Å². The molecule has 0 aliphatic heterocycles. The number of pyridine rings is 1. The van der Waals surface area contributed by atoms with Crippen molar-refractivity contribution in [2.24, 2.45) is 0 Å². The Bertz CT molecular complexity index is 1200. The lowest BCUT2D eigenvalue weighted by Gasteiger charge is -2.09. The van der Waals surface area contributed by atoms with E-state index < -0.39 is 5.91 Å². The minimum absolute atomic E-state index is 0.318. The molecule has 29 heavy (non-hydrogen) atoms. The molecule has 0 aliphatic carbocycles. The number of rotatable bonds is 4. The van der Waals surface area contributed by atoms with Crippen molar-refractivity contribution >= 4 is 34.1 Å². The van der Waals surface area contributed by atoms with Crippen LogP contribution in [0.1, 0.15) is 20.7 Å². The van der Waals surface area contributed by atoms with Gasteiger partial charge in [-0.3, -0.25) is 14.6 Å². The van der Waals surface area contributed by atoms with Gasteiger partial charge >= 0.3 is 0 Å². The molecule has 0 saturated carbocycles. The molecule has 1 heterocycles. The normalized spacial score (nSPS) is 10.5. The summed E-state index contributed by atoms with van der Waals surface area (Å²) >= 11 is 0. The molecule has 0 aliphatic rings. The highest BCUT2D eigenvalue weighted by atomic mass is 19.1. The van der Waals surface area contributed by atoms with Crippen LogP contribution < -0.4 is 10.6 Å². The first-order valence-corrected chi connectivity index (χ1v) is 8.92. The average Bonchev–Trinajstić information content (AvgIpc) is 2.75. The number of amides is 2. The number of aromatic nitrogens is 1. The van der Waals surface area contributed by atoms with Crippen LogP contribution in [0.25, 0.3) is 10.9 Å². The third-order valence-electron chi connectivity index (χ3n) is 4.37. The van der Waals surface area contributed by atoms with Crippen molar-refractivity contribution in [3.05, 3.63) is 102 Å². The van der Waals surface area contributed by atoms with E-state index in [0.29, 0.717) is 28.0 Å². The lowest BCUT2D eigenvalue weighted by atomic mass is 10.1. The minimum Gasteiger partial charge on any atom is -0.322 e. The highest BCUT2D eigenvalue weighted by Crippen LogP contribution is 2.21. The summed E-state index contributed by atoms with van der Waals surface area (Å²) in [4.78, 5) is 29.5. The number of nitrogens with zero attached hydrogens (tertiary/aromatic N) is 1. The summed E-state index contributed by atoms with van der Waals surface area (Å²) in [5.41, 5.74) is 2.40. The molecule has 0 bridgehead atoms. The fourth-order valence-electron chi connectivity index (χ4n) is 2.94. The number of halogens is 1. The molecule has 2 amide bonds. The first kappa shape index (κ1) is 18.3. The van der Waals surface area contributed by atoms with Crippen LogP contribution in [0.15, 0.2) is 85.1 Å². The van der Waals surface area contributed by atoms with Gasteiger partial charge < -0.3 is 10.6 Å². The summed E-state index contributed by atoms with van der Waals surface area (Å²) < 4.78 is 13.0. The van der Waals surface area contributed by atoms with Gasteiger partial charge in [0.2, 0.25) is 0 Å². The summed E-state index contributed by atoms with van der Waals surface area (Å²) in [6.07, 6.45) is 1.67. The molecule has 1 aromatic heterocycles. The minimum atomic E-state index is -0.391. The maximum absolute atomic E-state index is 13.0. The number of nitrogens with one attached hydrogen (secondary N) is 2. The Morgan fingerprint density at radius 2 is 1.41 bits per heavy atom. The summed E-state index contributed by atoms with van der Waals surface area (Å²) in [5, 5.41) is 6.44. The Morgan fingerprint density at radius 3 is 2.17 bits per heavy atom. The van der Waals surface area contributed by atoms with Crippen LogP contribution in [0, 0.1) is 5.82 Å². The second-order valence-electron chi connectivity index (χ2n) is 6.38. The smallest absolute Gasteiger partial charge is 0.255 e. The third-order valence-corrected chi connectivity index (χ3v) is 4.37. The number of hydrogen-bond acceptors (Lipinski definition) is 3. The Hall–Kier alpha value is -4.06. The zero-order valence-electron chi connectivity index (χ0n) is 15.2. The van der Waals surface area contributed by atoms with Crippen LogP contribution in [0.3, 0.4) is 0 Å². The molecule has 4 aromatic rings. The maximum Gasteiger partial charge on any atom is 0.255 e. The fourth-order valence-corrected chi connectivity index (χ4v) is 2.94. The van der Waals surface area contributed by atoms with Gasteiger partial charge in [-0.2, -0.15) is 0 Å². The highest BCUT2D eigenvalue weighted by molar-refractivity contribution is 6.10. The summed E-state index contributed by atoms with van der Waals surface area (Å²) in [5.74, 6) is -1.12. The van der Waals surface area contributed by atoms with Gasteiger partial charge in [0.05, 0.1) is 11.2 Å². The van der Waals surface area contributed by atoms with Crippen molar-refractivity contribution in [2.45, 2.75) is 0 Å². The van der Waals surface area contributed by atoms with Crippen LogP contribution in [-0.2, 0) is 0 Å². The van der Waals surface area contributed by atoms with E-state index in [9.17, 15) is 14.0 Å². The molecule has 3 aromatic carbocycles. The van der Waals surface area contributed by atoms with Crippen molar-refractivity contribution in [3.8, 4) is 0 Å². The number of benzene rings is 3. The molecule has 0 fully saturated rings. The van der Waals surface area contributed by atoms with E-state index in [2.05, 4.69) is 15.6 Å². The third kappa shape index (κ3) is 4.11. The van der Waals surface area contributed by atoms with Gasteiger partial charge in [0.15, 0.2) is 0 Å². The van der Waals surface area contributed by atoms with E-state index >= 15 is 0 Å². The van der Waals surface area contributed by atoms with E-state index in [1.807, 2.05) is 24.3 Å². The zero-order valence-corrected chi connectivity index (χ0v) is 15.2. The summed E-state index contributed by atoms with van der Waals surface area (Å²) in [6, 6.07) is 21.1. The molecule has 2 N–H and O–H groups in total. The number of hydrogen-bond donors (Lipinski definition) is 2. The molecular weight excluding hydrogens is 369 g/mol. The van der Waals surface area contributed by atoms with Gasteiger partial charge in [0.25, 0.3) is 11.8 Å². The van der Waals surface area contributed by atoms with E-state index in [1.54, 1.807) is 30.5 Å². The Kier molecular flexibility index (Phi) is 4.99. The van der Waals surface area contributed by atoms with Crippen molar-refractivity contribution in [2.75, 3.05) is 10.6 Å². The topological polar surface area (TPSA) is 71.1 Å². The van der Waals surface area contributed by atoms with Crippen LogP contribution in [0.4, 0.5) is 15.8 Å². The Morgan fingerprint density at radius 1 is 0.759 bits per heavy atom. The van der Waals surface area contributed by atoms with E-state index in [-0.39, 0.29) is 11.7 Å². The average molecular weight is 385 g/mol. The zero-order chi connectivity index (χ0) is 20.2. The Labute approximate surface area is 166 Å². The van der Waals surface area contributed by atoms with Crippen LogP contribution in [-0.4, -0.2) is 16.8 Å². The van der Waals surface area contributed by atoms with Gasteiger partial charge in [-0.1, -0.05) is 24.3 Å². The van der Waals surface area contributed by atoms with Gasteiger partial charge in [0.1, 0.15) is 5.82 Å². The van der Waals surface area contributed by atoms with Crippen molar-refractivity contribution in [1.29, 1.82) is 0 Å². The monoisotopic (exact) mass is 385 g/mol. The lowest BCUT2D eigenvalue weighted by Crippen LogP contribution is -2.15. The number of fused-ring (bicyclic) bond motifs is 1. The van der Waals surface area contributed by atoms with E-state index in [1.165, 1.54) is 30.3 Å². The largest absolute Gasteiger partial charge is 0.322 e. The van der Waals surface area contributed by atoms with Gasteiger partial charge in [-0.25, -0.2) is 4.39 Å². The summed E-state index contributed by atoms with van der Waals surface area (Å²) in [6.45, 7) is 0. The molecule has 0 saturated heterocycles. The van der Waals surface area contributed by atoms with E-state index in [0.717, 1.165) is 5.39 Å². The number of anilines is 2. The van der Waals surface area contributed by atoms with Crippen molar-refractivity contribution in [3.63, 3.8) is 0 Å². The second-order valence-corrected chi connectivity index (χ2v) is 6.38. The second kappa shape index (κ2) is 7.90. The predicted molar refractivity (Wildman–Crippen MR) is 110 cm³/mol. The molecule has 6 heteroatoms. The molecule has 0 spiro atoms. The van der Waals surface area contributed by atoms with Gasteiger partial charge in [-0.05, 0) is 54.6 Å². The highest BCUT2D eigenvalue weighted by Gasteiger charge is 2.12. The SMILES string of the molecule is O=C(Nc1ccc(F)cc1)c1cccc(C(=O)Nc2cccc3cccnc23)c1. The van der Waals surface area contributed by atoms with Crippen molar-refractivity contribution in [1.82, 2.24) is 4.98 Å². The summed E-state index contributed by atoms with van der Waals surface area (Å²) in [7, 11) is 0. The number of carbonyl (C=O) groups is 2.